The summed E-state index contributed by atoms with van der Waals surface area (Å²) in [6, 6.07) is 3.90. The van der Waals surface area contributed by atoms with E-state index in [-0.39, 0.29) is 5.41 Å². The molecule has 0 saturated carbocycles. The van der Waals surface area contributed by atoms with E-state index in [1.165, 1.54) is 0 Å². The third-order valence-electron chi connectivity index (χ3n) is 3.75. The van der Waals surface area contributed by atoms with Gasteiger partial charge in [-0.2, -0.15) is 4.98 Å². The zero-order valence-corrected chi connectivity index (χ0v) is 11.5. The monoisotopic (exact) mass is 260 g/mol. The Morgan fingerprint density at radius 3 is 2.68 bits per heavy atom. The van der Waals surface area contributed by atoms with E-state index in [4.69, 9.17) is 10.3 Å². The zero-order valence-electron chi connectivity index (χ0n) is 11.5. The Kier molecular flexibility index (Phi) is 4.27. The first-order chi connectivity index (χ1) is 9.24. The molecule has 0 aliphatic rings. The third-order valence-corrected chi connectivity index (χ3v) is 3.75. The minimum atomic E-state index is -0.194. The number of hydrogen-bond acceptors (Lipinski definition) is 5. The number of nitrogens with zero attached hydrogens (tertiary/aromatic N) is 3. The van der Waals surface area contributed by atoms with E-state index in [2.05, 4.69) is 29.0 Å². The van der Waals surface area contributed by atoms with Gasteiger partial charge in [0, 0.05) is 25.4 Å². The van der Waals surface area contributed by atoms with Crippen molar-refractivity contribution in [2.24, 2.45) is 5.73 Å². The van der Waals surface area contributed by atoms with Crippen molar-refractivity contribution in [2.75, 3.05) is 6.54 Å². The number of rotatable bonds is 6. The summed E-state index contributed by atoms with van der Waals surface area (Å²) in [4.78, 5) is 8.58. The molecule has 0 aromatic carbocycles. The van der Waals surface area contributed by atoms with Crippen LogP contribution in [0.2, 0.25) is 0 Å². The Balaban J connectivity index is 2.19. The van der Waals surface area contributed by atoms with Crippen LogP contribution in [-0.2, 0) is 11.8 Å². The van der Waals surface area contributed by atoms with Gasteiger partial charge in [0.1, 0.15) is 0 Å². The molecular weight excluding hydrogens is 240 g/mol. The Labute approximate surface area is 113 Å². The lowest BCUT2D eigenvalue weighted by Gasteiger charge is -2.24. The predicted octanol–water partition coefficient (Wildman–Crippen LogP) is 2.07. The summed E-state index contributed by atoms with van der Waals surface area (Å²) in [5.41, 5.74) is 6.76. The van der Waals surface area contributed by atoms with Gasteiger partial charge in [-0.15, -0.1) is 0 Å². The Hall–Kier alpha value is -1.75. The van der Waals surface area contributed by atoms with Crippen molar-refractivity contribution in [1.82, 2.24) is 15.1 Å². The molecular formula is C14H20N4O. The lowest BCUT2D eigenvalue weighted by molar-refractivity contribution is 0.266. The maximum atomic E-state index is 5.88. The van der Waals surface area contributed by atoms with Crippen molar-refractivity contribution in [3.05, 3.63) is 41.8 Å². The van der Waals surface area contributed by atoms with E-state index in [1.807, 2.05) is 18.3 Å². The van der Waals surface area contributed by atoms with Crippen molar-refractivity contribution >= 4 is 0 Å². The summed E-state index contributed by atoms with van der Waals surface area (Å²) in [5, 5.41) is 4.05. The van der Waals surface area contributed by atoms with Crippen LogP contribution in [0.5, 0.6) is 0 Å². The van der Waals surface area contributed by atoms with Crippen LogP contribution in [0.25, 0.3) is 0 Å². The maximum absolute atomic E-state index is 5.88. The lowest BCUT2D eigenvalue weighted by atomic mass is 9.82. The predicted molar refractivity (Wildman–Crippen MR) is 72.7 cm³/mol. The van der Waals surface area contributed by atoms with Crippen LogP contribution in [0.4, 0.5) is 0 Å². The number of hydrogen-bond donors (Lipinski definition) is 1. The molecule has 2 N–H and O–H groups in total. The van der Waals surface area contributed by atoms with Crippen LogP contribution in [0.15, 0.2) is 29.0 Å². The van der Waals surface area contributed by atoms with Crippen molar-refractivity contribution in [3.63, 3.8) is 0 Å². The number of nitrogens with two attached hydrogens (primary N) is 1. The molecule has 0 aliphatic heterocycles. The number of pyridine rings is 1. The first-order valence-corrected chi connectivity index (χ1v) is 6.66. The molecule has 2 aromatic heterocycles. The summed E-state index contributed by atoms with van der Waals surface area (Å²) in [6.45, 7) is 4.72. The highest BCUT2D eigenvalue weighted by Crippen LogP contribution is 2.29. The lowest BCUT2D eigenvalue weighted by Crippen LogP contribution is -2.34. The van der Waals surface area contributed by atoms with Gasteiger partial charge in [0.15, 0.2) is 5.82 Å². The highest BCUT2D eigenvalue weighted by atomic mass is 16.5. The average molecular weight is 260 g/mol. The molecule has 0 saturated heterocycles. The Bertz CT molecular complexity index is 497. The van der Waals surface area contributed by atoms with E-state index < -0.39 is 0 Å². The summed E-state index contributed by atoms with van der Waals surface area (Å²) < 4.78 is 5.41. The largest absolute Gasteiger partial charge is 0.339 e. The third kappa shape index (κ3) is 2.81. The minimum Gasteiger partial charge on any atom is -0.339 e. The molecule has 2 heterocycles. The molecule has 2 aromatic rings. The van der Waals surface area contributed by atoms with Crippen molar-refractivity contribution in [1.29, 1.82) is 0 Å². The highest BCUT2D eigenvalue weighted by Gasteiger charge is 2.33. The SMILES string of the molecule is CCC(CC)(CN)c1nc(Cc2cccnc2)no1. The summed E-state index contributed by atoms with van der Waals surface area (Å²) in [6.07, 6.45) is 5.99. The van der Waals surface area contributed by atoms with Crippen LogP contribution < -0.4 is 5.73 Å². The highest BCUT2D eigenvalue weighted by molar-refractivity contribution is 5.15. The van der Waals surface area contributed by atoms with Gasteiger partial charge >= 0.3 is 0 Å². The Morgan fingerprint density at radius 2 is 2.11 bits per heavy atom. The fourth-order valence-electron chi connectivity index (χ4n) is 2.15. The van der Waals surface area contributed by atoms with Crippen molar-refractivity contribution in [3.8, 4) is 0 Å². The first kappa shape index (κ1) is 13.7. The minimum absolute atomic E-state index is 0.194. The fourth-order valence-corrected chi connectivity index (χ4v) is 2.15. The molecule has 0 aliphatic carbocycles. The van der Waals surface area contributed by atoms with E-state index in [9.17, 15) is 0 Å². The second kappa shape index (κ2) is 5.93. The van der Waals surface area contributed by atoms with Gasteiger partial charge in [-0.1, -0.05) is 25.1 Å². The molecule has 5 nitrogen and oxygen atoms in total. The molecule has 0 fully saturated rings. The zero-order chi connectivity index (χ0) is 13.7. The van der Waals surface area contributed by atoms with Gasteiger partial charge < -0.3 is 10.3 Å². The molecule has 5 heteroatoms. The fraction of sp³-hybridized carbons (Fsp3) is 0.500. The summed E-state index contributed by atoms with van der Waals surface area (Å²) in [5.74, 6) is 1.33. The summed E-state index contributed by atoms with van der Waals surface area (Å²) in [7, 11) is 0. The van der Waals surface area contributed by atoms with E-state index in [1.54, 1.807) is 6.20 Å². The van der Waals surface area contributed by atoms with E-state index >= 15 is 0 Å². The average Bonchev–Trinajstić information content (AvgIpc) is 2.92. The molecule has 2 rings (SSSR count). The van der Waals surface area contributed by atoms with E-state index in [0.29, 0.717) is 24.7 Å². The topological polar surface area (TPSA) is 77.8 Å². The van der Waals surface area contributed by atoms with Crippen LogP contribution in [0, 0.1) is 0 Å². The molecule has 0 atom stereocenters. The molecule has 0 bridgehead atoms. The molecule has 0 amide bonds. The van der Waals surface area contributed by atoms with Gasteiger partial charge in [0.05, 0.1) is 5.41 Å². The smallest absolute Gasteiger partial charge is 0.234 e. The van der Waals surface area contributed by atoms with Gasteiger partial charge in [0.25, 0.3) is 0 Å². The maximum Gasteiger partial charge on any atom is 0.234 e. The summed E-state index contributed by atoms with van der Waals surface area (Å²) >= 11 is 0. The van der Waals surface area contributed by atoms with Crippen molar-refractivity contribution < 1.29 is 4.52 Å². The Morgan fingerprint density at radius 1 is 1.32 bits per heavy atom. The van der Waals surface area contributed by atoms with Gasteiger partial charge in [-0.25, -0.2) is 0 Å². The van der Waals surface area contributed by atoms with Crippen LogP contribution in [-0.4, -0.2) is 21.7 Å². The van der Waals surface area contributed by atoms with Gasteiger partial charge in [-0.3, -0.25) is 4.98 Å². The van der Waals surface area contributed by atoms with Crippen LogP contribution in [0.1, 0.15) is 44.0 Å². The molecule has 19 heavy (non-hydrogen) atoms. The van der Waals surface area contributed by atoms with Gasteiger partial charge in [0.2, 0.25) is 5.89 Å². The first-order valence-electron chi connectivity index (χ1n) is 6.66. The second-order valence-corrected chi connectivity index (χ2v) is 4.75. The normalized spacial score (nSPS) is 11.7. The standard InChI is InChI=1S/C14H20N4O/c1-3-14(4-2,10-15)13-17-12(18-19-13)8-11-6-5-7-16-9-11/h5-7,9H,3-4,8,10,15H2,1-2H3. The number of aromatic nitrogens is 3. The molecule has 0 unspecified atom stereocenters. The molecule has 0 spiro atoms. The van der Waals surface area contributed by atoms with Crippen LogP contribution in [0.3, 0.4) is 0 Å². The van der Waals surface area contributed by atoms with Crippen LogP contribution >= 0.6 is 0 Å². The van der Waals surface area contributed by atoms with Gasteiger partial charge in [-0.05, 0) is 24.5 Å². The second-order valence-electron chi connectivity index (χ2n) is 4.75. The quantitative estimate of drug-likeness (QED) is 0.860. The molecule has 102 valence electrons. The van der Waals surface area contributed by atoms with Crippen molar-refractivity contribution in [2.45, 2.75) is 38.5 Å². The molecule has 0 radical (unpaired) electrons. The van der Waals surface area contributed by atoms with E-state index in [0.717, 1.165) is 18.4 Å².